The van der Waals surface area contributed by atoms with Crippen LogP contribution in [0.3, 0.4) is 0 Å². The summed E-state index contributed by atoms with van der Waals surface area (Å²) in [6.07, 6.45) is 2.00. The highest BCUT2D eigenvalue weighted by atomic mass is 14.6. The topological polar surface area (TPSA) is 26.0 Å². The molecule has 0 unspecified atom stereocenters. The predicted molar refractivity (Wildman–Crippen MR) is 65.9 cm³/mol. The lowest BCUT2D eigenvalue weighted by Gasteiger charge is -2.11. The van der Waals surface area contributed by atoms with Gasteiger partial charge in [0, 0.05) is 6.04 Å². The van der Waals surface area contributed by atoms with Crippen LogP contribution in [0, 0.1) is 0 Å². The molecule has 78 valence electrons. The molecule has 2 rings (SSSR count). The third kappa shape index (κ3) is 2.18. The van der Waals surface area contributed by atoms with Crippen molar-refractivity contribution < 1.29 is 0 Å². The van der Waals surface area contributed by atoms with Crippen molar-refractivity contribution in [1.82, 2.24) is 0 Å². The van der Waals surface area contributed by atoms with Gasteiger partial charge in [0.15, 0.2) is 0 Å². The first kappa shape index (κ1) is 10.2. The summed E-state index contributed by atoms with van der Waals surface area (Å²) < 4.78 is 0. The molecule has 0 spiro atoms. The van der Waals surface area contributed by atoms with Crippen LogP contribution in [-0.2, 0) is 6.42 Å². The van der Waals surface area contributed by atoms with E-state index in [9.17, 15) is 0 Å². The Morgan fingerprint density at radius 1 is 1.07 bits per heavy atom. The fourth-order valence-electron chi connectivity index (χ4n) is 1.90. The molecule has 1 nitrogen and oxygen atoms in total. The van der Waals surface area contributed by atoms with Gasteiger partial charge in [-0.15, -0.1) is 0 Å². The van der Waals surface area contributed by atoms with Gasteiger partial charge in [0.1, 0.15) is 0 Å². The van der Waals surface area contributed by atoms with Crippen LogP contribution >= 0.6 is 0 Å². The number of hydrogen-bond donors (Lipinski definition) is 1. The highest BCUT2D eigenvalue weighted by Gasteiger charge is 2.04. The first-order chi connectivity index (χ1) is 7.31. The average Bonchev–Trinajstić information content (AvgIpc) is 2.29. The van der Waals surface area contributed by atoms with Crippen molar-refractivity contribution in [3.05, 3.63) is 48.0 Å². The number of fused-ring (bicyclic) bond motifs is 1. The molecule has 0 aliphatic rings. The van der Waals surface area contributed by atoms with Crippen molar-refractivity contribution in [1.29, 1.82) is 0 Å². The zero-order chi connectivity index (χ0) is 10.7. The Labute approximate surface area is 90.9 Å². The van der Waals surface area contributed by atoms with Gasteiger partial charge >= 0.3 is 0 Å². The molecule has 0 aromatic heterocycles. The van der Waals surface area contributed by atoms with Crippen molar-refractivity contribution in [2.45, 2.75) is 25.8 Å². The SMILES string of the molecule is CC[C@@H](N)Cc1cccc2ccccc12. The molecule has 1 heteroatoms. The van der Waals surface area contributed by atoms with E-state index in [2.05, 4.69) is 49.4 Å². The smallest absolute Gasteiger partial charge is 0.00769 e. The quantitative estimate of drug-likeness (QED) is 0.807. The van der Waals surface area contributed by atoms with E-state index < -0.39 is 0 Å². The van der Waals surface area contributed by atoms with Gasteiger partial charge in [-0.05, 0) is 29.2 Å². The van der Waals surface area contributed by atoms with Gasteiger partial charge in [-0.2, -0.15) is 0 Å². The maximum absolute atomic E-state index is 6.00. The van der Waals surface area contributed by atoms with Crippen molar-refractivity contribution in [2.24, 2.45) is 5.73 Å². The maximum Gasteiger partial charge on any atom is 0.00769 e. The van der Waals surface area contributed by atoms with Crippen molar-refractivity contribution in [3.63, 3.8) is 0 Å². The Morgan fingerprint density at radius 2 is 1.80 bits per heavy atom. The van der Waals surface area contributed by atoms with Gasteiger partial charge in [-0.1, -0.05) is 49.4 Å². The van der Waals surface area contributed by atoms with Crippen LogP contribution in [0.5, 0.6) is 0 Å². The van der Waals surface area contributed by atoms with Gasteiger partial charge < -0.3 is 5.73 Å². The van der Waals surface area contributed by atoms with Gasteiger partial charge in [-0.25, -0.2) is 0 Å². The minimum absolute atomic E-state index is 0.274. The molecule has 0 fully saturated rings. The van der Waals surface area contributed by atoms with E-state index in [-0.39, 0.29) is 6.04 Å². The molecule has 2 N–H and O–H groups in total. The molecule has 0 saturated carbocycles. The van der Waals surface area contributed by atoms with Gasteiger partial charge in [0.05, 0.1) is 0 Å². The summed E-state index contributed by atoms with van der Waals surface area (Å²) in [5.74, 6) is 0. The molecule has 0 bridgehead atoms. The van der Waals surface area contributed by atoms with Crippen LogP contribution in [0.15, 0.2) is 42.5 Å². The first-order valence-corrected chi connectivity index (χ1v) is 5.53. The maximum atomic E-state index is 6.00. The van der Waals surface area contributed by atoms with Crippen LogP contribution in [0.25, 0.3) is 10.8 Å². The van der Waals surface area contributed by atoms with E-state index in [1.165, 1.54) is 16.3 Å². The third-order valence-corrected chi connectivity index (χ3v) is 2.89. The van der Waals surface area contributed by atoms with E-state index in [0.29, 0.717) is 0 Å². The molecule has 2 aromatic rings. The summed E-state index contributed by atoms with van der Waals surface area (Å²) in [5.41, 5.74) is 7.36. The predicted octanol–water partition coefficient (Wildman–Crippen LogP) is 3.12. The molecule has 2 aromatic carbocycles. The van der Waals surface area contributed by atoms with Gasteiger partial charge in [0.2, 0.25) is 0 Å². The van der Waals surface area contributed by atoms with Crippen molar-refractivity contribution >= 4 is 10.8 Å². The second-order valence-corrected chi connectivity index (χ2v) is 4.01. The second kappa shape index (κ2) is 4.45. The van der Waals surface area contributed by atoms with E-state index in [4.69, 9.17) is 5.73 Å². The highest BCUT2D eigenvalue weighted by molar-refractivity contribution is 5.85. The van der Waals surface area contributed by atoms with E-state index in [1.807, 2.05) is 0 Å². The minimum Gasteiger partial charge on any atom is -0.327 e. The Morgan fingerprint density at radius 3 is 2.60 bits per heavy atom. The lowest BCUT2D eigenvalue weighted by molar-refractivity contribution is 0.649. The van der Waals surface area contributed by atoms with E-state index in [0.717, 1.165) is 12.8 Å². The number of benzene rings is 2. The summed E-state index contributed by atoms with van der Waals surface area (Å²) in [6.45, 7) is 2.13. The number of hydrogen-bond acceptors (Lipinski definition) is 1. The molecule has 0 saturated heterocycles. The Hall–Kier alpha value is -1.34. The van der Waals surface area contributed by atoms with Crippen LogP contribution in [-0.4, -0.2) is 6.04 Å². The highest BCUT2D eigenvalue weighted by Crippen LogP contribution is 2.19. The molecule has 0 amide bonds. The summed E-state index contributed by atoms with van der Waals surface area (Å²) in [4.78, 5) is 0. The van der Waals surface area contributed by atoms with Crippen molar-refractivity contribution in [2.75, 3.05) is 0 Å². The van der Waals surface area contributed by atoms with Crippen LogP contribution in [0.2, 0.25) is 0 Å². The summed E-state index contributed by atoms with van der Waals surface area (Å²) >= 11 is 0. The average molecular weight is 199 g/mol. The lowest BCUT2D eigenvalue weighted by Crippen LogP contribution is -2.21. The van der Waals surface area contributed by atoms with Crippen molar-refractivity contribution in [3.8, 4) is 0 Å². The summed E-state index contributed by atoms with van der Waals surface area (Å²) in [7, 11) is 0. The number of rotatable bonds is 3. The van der Waals surface area contributed by atoms with Gasteiger partial charge in [0.25, 0.3) is 0 Å². The first-order valence-electron chi connectivity index (χ1n) is 5.53. The minimum atomic E-state index is 0.274. The lowest BCUT2D eigenvalue weighted by atomic mass is 9.98. The molecular formula is C14H17N. The second-order valence-electron chi connectivity index (χ2n) is 4.01. The van der Waals surface area contributed by atoms with E-state index in [1.54, 1.807) is 0 Å². The zero-order valence-corrected chi connectivity index (χ0v) is 9.11. The summed E-state index contributed by atoms with van der Waals surface area (Å²) in [5, 5.41) is 2.64. The largest absolute Gasteiger partial charge is 0.327 e. The van der Waals surface area contributed by atoms with Crippen LogP contribution in [0.1, 0.15) is 18.9 Å². The molecule has 0 radical (unpaired) electrons. The standard InChI is InChI=1S/C14H17N/c1-2-13(15)10-12-8-5-7-11-6-3-4-9-14(11)12/h3-9,13H,2,10,15H2,1H3/t13-/m1/s1. The Kier molecular flexibility index (Phi) is 3.02. The molecule has 1 atom stereocenters. The molecule has 0 aliphatic heterocycles. The normalized spacial score (nSPS) is 12.9. The van der Waals surface area contributed by atoms with Crippen LogP contribution in [0.4, 0.5) is 0 Å². The Bertz CT molecular complexity index is 443. The number of nitrogens with two attached hydrogens (primary N) is 1. The monoisotopic (exact) mass is 199 g/mol. The van der Waals surface area contributed by atoms with Crippen LogP contribution < -0.4 is 5.73 Å². The fraction of sp³-hybridized carbons (Fsp3) is 0.286. The third-order valence-electron chi connectivity index (χ3n) is 2.89. The molecule has 15 heavy (non-hydrogen) atoms. The van der Waals surface area contributed by atoms with Gasteiger partial charge in [-0.3, -0.25) is 0 Å². The van der Waals surface area contributed by atoms with E-state index >= 15 is 0 Å². The molecule has 0 heterocycles. The molecule has 0 aliphatic carbocycles. The molecular weight excluding hydrogens is 182 g/mol. The summed E-state index contributed by atoms with van der Waals surface area (Å²) in [6, 6.07) is 15.2. The fourth-order valence-corrected chi connectivity index (χ4v) is 1.90. The Balaban J connectivity index is 2.42. The zero-order valence-electron chi connectivity index (χ0n) is 9.11.